The van der Waals surface area contributed by atoms with Crippen LogP contribution >= 0.6 is 11.8 Å². The Morgan fingerprint density at radius 3 is 2.41 bits per heavy atom. The van der Waals surface area contributed by atoms with E-state index >= 15 is 0 Å². The molecule has 4 nitrogen and oxygen atoms in total. The summed E-state index contributed by atoms with van der Waals surface area (Å²) in [6.07, 6.45) is -1.85. The number of hydrogen-bond donors (Lipinski definition) is 1. The summed E-state index contributed by atoms with van der Waals surface area (Å²) >= 11 is 0.669. The van der Waals surface area contributed by atoms with Crippen molar-refractivity contribution in [2.45, 2.75) is 18.3 Å². The highest BCUT2D eigenvalue weighted by atomic mass is 32.2. The minimum atomic E-state index is -4.76. The number of thioether (sulfide) groups is 1. The molecule has 0 aromatic carbocycles. The lowest BCUT2D eigenvalue weighted by atomic mass is 10.2. The number of carbonyl (C=O) groups is 1. The van der Waals surface area contributed by atoms with E-state index in [2.05, 4.69) is 9.97 Å². The molecule has 1 heterocycles. The summed E-state index contributed by atoms with van der Waals surface area (Å²) < 4.78 is 36.9. The average molecular weight is 266 g/mol. The Labute approximate surface area is 99.3 Å². The van der Waals surface area contributed by atoms with Crippen molar-refractivity contribution in [3.63, 3.8) is 0 Å². The second-order valence-electron chi connectivity index (χ2n) is 3.29. The van der Waals surface area contributed by atoms with E-state index in [4.69, 9.17) is 5.11 Å². The Balaban J connectivity index is 2.65. The van der Waals surface area contributed by atoms with Gasteiger partial charge in [0.1, 0.15) is 0 Å². The van der Waals surface area contributed by atoms with Gasteiger partial charge in [0.05, 0.1) is 0 Å². The van der Waals surface area contributed by atoms with E-state index in [1.54, 1.807) is 6.92 Å². The highest BCUT2D eigenvalue weighted by Gasteiger charge is 2.45. The standard InChI is InChI=1S/C9H9F3N2O2S/c1-5-2-13-8(14-3-5)17-4-6(7(15)16)9(10,11)12/h2-3,6H,4H2,1H3,(H,15,16). The third kappa shape index (κ3) is 4.22. The number of alkyl halides is 3. The molecule has 0 amide bonds. The lowest BCUT2D eigenvalue weighted by molar-refractivity contribution is -0.188. The van der Waals surface area contributed by atoms with Gasteiger partial charge in [-0.25, -0.2) is 9.97 Å². The van der Waals surface area contributed by atoms with Crippen molar-refractivity contribution >= 4 is 17.7 Å². The highest BCUT2D eigenvalue weighted by molar-refractivity contribution is 7.99. The van der Waals surface area contributed by atoms with E-state index in [0.717, 1.165) is 5.56 Å². The molecule has 0 aliphatic rings. The second-order valence-corrected chi connectivity index (χ2v) is 4.27. The third-order valence-electron chi connectivity index (χ3n) is 1.83. The number of carboxylic acid groups (broad SMARTS) is 1. The number of aliphatic carboxylic acids is 1. The van der Waals surface area contributed by atoms with Gasteiger partial charge in [-0.05, 0) is 12.5 Å². The van der Waals surface area contributed by atoms with Gasteiger partial charge in [0.15, 0.2) is 11.1 Å². The zero-order valence-electron chi connectivity index (χ0n) is 8.73. The maximum atomic E-state index is 12.3. The van der Waals surface area contributed by atoms with Crippen molar-refractivity contribution in [2.75, 3.05) is 5.75 Å². The lowest BCUT2D eigenvalue weighted by Gasteiger charge is -2.14. The summed E-state index contributed by atoms with van der Waals surface area (Å²) in [5.41, 5.74) is 0.778. The van der Waals surface area contributed by atoms with Crippen molar-refractivity contribution in [3.8, 4) is 0 Å². The zero-order chi connectivity index (χ0) is 13.1. The van der Waals surface area contributed by atoms with Crippen LogP contribution in [0.3, 0.4) is 0 Å². The predicted octanol–water partition coefficient (Wildman–Crippen LogP) is 2.14. The smallest absolute Gasteiger partial charge is 0.403 e. The van der Waals surface area contributed by atoms with E-state index < -0.39 is 23.8 Å². The maximum absolute atomic E-state index is 12.3. The van der Waals surface area contributed by atoms with E-state index in [1.807, 2.05) is 0 Å². The monoisotopic (exact) mass is 266 g/mol. The molecule has 0 radical (unpaired) electrons. The van der Waals surface area contributed by atoms with Crippen LogP contribution in [0.1, 0.15) is 5.56 Å². The van der Waals surface area contributed by atoms with Crippen LogP contribution in [0.2, 0.25) is 0 Å². The Hall–Kier alpha value is -1.31. The number of halogens is 3. The van der Waals surface area contributed by atoms with E-state index in [1.165, 1.54) is 12.4 Å². The van der Waals surface area contributed by atoms with Crippen LogP contribution in [-0.4, -0.2) is 33.0 Å². The summed E-state index contributed by atoms with van der Waals surface area (Å²) in [5, 5.41) is 8.59. The topological polar surface area (TPSA) is 63.1 Å². The lowest BCUT2D eigenvalue weighted by Crippen LogP contribution is -2.32. The van der Waals surface area contributed by atoms with E-state index in [9.17, 15) is 18.0 Å². The molecule has 1 aromatic heterocycles. The van der Waals surface area contributed by atoms with E-state index in [0.29, 0.717) is 11.8 Å². The fraction of sp³-hybridized carbons (Fsp3) is 0.444. The fourth-order valence-electron chi connectivity index (χ4n) is 0.919. The van der Waals surface area contributed by atoms with Gasteiger partial charge >= 0.3 is 12.1 Å². The average Bonchev–Trinajstić information content (AvgIpc) is 2.18. The molecule has 0 spiro atoms. The largest absolute Gasteiger partial charge is 0.481 e. The van der Waals surface area contributed by atoms with Crippen LogP contribution in [-0.2, 0) is 4.79 Å². The normalized spacial score (nSPS) is 13.4. The van der Waals surface area contributed by atoms with Crippen molar-refractivity contribution in [2.24, 2.45) is 5.92 Å². The number of rotatable bonds is 4. The van der Waals surface area contributed by atoms with Crippen molar-refractivity contribution in [3.05, 3.63) is 18.0 Å². The molecular weight excluding hydrogens is 257 g/mol. The molecule has 1 N–H and O–H groups in total. The van der Waals surface area contributed by atoms with Crippen LogP contribution in [0.15, 0.2) is 17.6 Å². The Morgan fingerprint density at radius 2 is 2.00 bits per heavy atom. The van der Waals surface area contributed by atoms with Crippen LogP contribution < -0.4 is 0 Å². The Bertz CT molecular complexity index is 394. The molecule has 0 fully saturated rings. The van der Waals surface area contributed by atoms with Gasteiger partial charge in [0.2, 0.25) is 0 Å². The van der Waals surface area contributed by atoms with Gasteiger partial charge in [-0.15, -0.1) is 0 Å². The quantitative estimate of drug-likeness (QED) is 0.668. The molecule has 17 heavy (non-hydrogen) atoms. The molecule has 0 aliphatic heterocycles. The number of carboxylic acids is 1. The number of aryl methyl sites for hydroxylation is 1. The first-order valence-corrected chi connectivity index (χ1v) is 5.50. The van der Waals surface area contributed by atoms with Gasteiger partial charge < -0.3 is 5.11 Å². The van der Waals surface area contributed by atoms with Gasteiger partial charge in [0.25, 0.3) is 0 Å². The minimum absolute atomic E-state index is 0.131. The van der Waals surface area contributed by atoms with Gasteiger partial charge in [-0.2, -0.15) is 13.2 Å². The molecule has 8 heteroatoms. The maximum Gasteiger partial charge on any atom is 0.403 e. The number of hydrogen-bond acceptors (Lipinski definition) is 4. The summed E-state index contributed by atoms with van der Waals surface area (Å²) in [6, 6.07) is 0. The summed E-state index contributed by atoms with van der Waals surface area (Å²) in [5.74, 6) is -4.93. The van der Waals surface area contributed by atoms with Gasteiger partial charge in [-0.1, -0.05) is 11.8 Å². The van der Waals surface area contributed by atoms with Crippen LogP contribution in [0.4, 0.5) is 13.2 Å². The Morgan fingerprint density at radius 1 is 1.47 bits per heavy atom. The molecule has 1 unspecified atom stereocenters. The first-order valence-electron chi connectivity index (χ1n) is 4.51. The molecule has 0 bridgehead atoms. The van der Waals surface area contributed by atoms with Gasteiger partial charge in [0, 0.05) is 18.1 Å². The van der Waals surface area contributed by atoms with Crippen molar-refractivity contribution in [1.82, 2.24) is 9.97 Å². The minimum Gasteiger partial charge on any atom is -0.481 e. The fourth-order valence-corrected chi connectivity index (χ4v) is 1.82. The summed E-state index contributed by atoms with van der Waals surface area (Å²) in [6.45, 7) is 1.74. The first kappa shape index (κ1) is 13.8. The van der Waals surface area contributed by atoms with Gasteiger partial charge in [-0.3, -0.25) is 4.79 Å². The molecule has 1 atom stereocenters. The molecule has 0 saturated heterocycles. The molecule has 0 saturated carbocycles. The molecular formula is C9H9F3N2O2S. The SMILES string of the molecule is Cc1cnc(SCC(C(=O)O)C(F)(F)F)nc1. The summed E-state index contributed by atoms with van der Waals surface area (Å²) in [4.78, 5) is 18.0. The first-order chi connectivity index (χ1) is 7.80. The molecule has 1 rings (SSSR count). The van der Waals surface area contributed by atoms with E-state index in [-0.39, 0.29) is 5.16 Å². The number of nitrogens with zero attached hydrogens (tertiary/aromatic N) is 2. The zero-order valence-corrected chi connectivity index (χ0v) is 9.55. The van der Waals surface area contributed by atoms with Crippen molar-refractivity contribution in [1.29, 1.82) is 0 Å². The highest BCUT2D eigenvalue weighted by Crippen LogP contribution is 2.30. The van der Waals surface area contributed by atoms with Crippen LogP contribution in [0.25, 0.3) is 0 Å². The predicted molar refractivity (Wildman–Crippen MR) is 54.7 cm³/mol. The Kier molecular flexibility index (Phi) is 4.33. The summed E-state index contributed by atoms with van der Waals surface area (Å²) in [7, 11) is 0. The number of aromatic nitrogens is 2. The molecule has 1 aromatic rings. The third-order valence-corrected chi connectivity index (χ3v) is 2.80. The van der Waals surface area contributed by atoms with Crippen LogP contribution in [0.5, 0.6) is 0 Å². The molecule has 0 aliphatic carbocycles. The molecule has 94 valence electrons. The van der Waals surface area contributed by atoms with Crippen LogP contribution in [0, 0.1) is 12.8 Å². The van der Waals surface area contributed by atoms with Crippen molar-refractivity contribution < 1.29 is 23.1 Å². The second kappa shape index (κ2) is 5.35.